The molecule has 2 heterocycles. The molecule has 0 saturated carbocycles. The van der Waals surface area contributed by atoms with Gasteiger partial charge in [-0.1, -0.05) is 47.2 Å². The Bertz CT molecular complexity index is 522. The number of ether oxygens (including phenoxy) is 1. The molecule has 0 radical (unpaired) electrons. The molecule has 0 bridgehead atoms. The van der Waals surface area contributed by atoms with Crippen molar-refractivity contribution in [1.82, 2.24) is 4.98 Å². The Morgan fingerprint density at radius 2 is 2.20 bits per heavy atom. The minimum absolute atomic E-state index is 0.0305. The van der Waals surface area contributed by atoms with Crippen molar-refractivity contribution in [1.29, 1.82) is 0 Å². The van der Waals surface area contributed by atoms with Gasteiger partial charge >= 0.3 is 0 Å². The summed E-state index contributed by atoms with van der Waals surface area (Å²) in [5.74, 6) is -0.0305. The number of nitrogens with zero attached hydrogens (tertiary/aromatic N) is 2. The first-order valence-electron chi connectivity index (χ1n) is 6.48. The molecule has 0 spiro atoms. The highest BCUT2D eigenvalue weighted by molar-refractivity contribution is 9.09. The van der Waals surface area contributed by atoms with Gasteiger partial charge < -0.3 is 4.74 Å². The summed E-state index contributed by atoms with van der Waals surface area (Å²) in [4.78, 5) is 17.5. The lowest BCUT2D eigenvalue weighted by Gasteiger charge is -2.20. The van der Waals surface area contributed by atoms with E-state index in [-0.39, 0.29) is 17.5 Å². The minimum Gasteiger partial charge on any atom is -0.361 e. The molecule has 0 aromatic carbocycles. The minimum atomic E-state index is -1.11. The third-order valence-electron chi connectivity index (χ3n) is 3.14. The summed E-state index contributed by atoms with van der Waals surface area (Å²) in [6.07, 6.45) is 1.64. The first-order chi connectivity index (χ1) is 9.29. The Hall–Kier alpha value is -0.433. The van der Waals surface area contributed by atoms with Crippen LogP contribution < -0.4 is 4.90 Å². The summed E-state index contributed by atoms with van der Waals surface area (Å²) >= 11 is 9.29. The second-order valence-corrected chi connectivity index (χ2v) is 13.0. The van der Waals surface area contributed by atoms with Gasteiger partial charge in [0.25, 0.3) is 0 Å². The van der Waals surface area contributed by atoms with Crippen molar-refractivity contribution in [2.75, 3.05) is 18.2 Å². The number of carbonyl (C=O) groups is 1. The number of alkyl halides is 1. The SMILES string of the molecule is C[Si](C)(C)CCOCN1C(=O)C(Br)c2cnc(Cl)cc21. The zero-order valence-corrected chi connectivity index (χ0v) is 15.2. The third kappa shape index (κ3) is 3.61. The van der Waals surface area contributed by atoms with Crippen LogP contribution in [0.2, 0.25) is 30.8 Å². The molecule has 7 heteroatoms. The van der Waals surface area contributed by atoms with Crippen LogP contribution in [0.5, 0.6) is 0 Å². The van der Waals surface area contributed by atoms with E-state index in [1.807, 2.05) is 0 Å². The molecule has 4 nitrogen and oxygen atoms in total. The van der Waals surface area contributed by atoms with Crippen molar-refractivity contribution >= 4 is 47.2 Å². The normalized spacial score (nSPS) is 18.6. The first kappa shape index (κ1) is 15.9. The molecule has 1 aromatic heterocycles. The summed E-state index contributed by atoms with van der Waals surface area (Å²) < 4.78 is 5.66. The summed E-state index contributed by atoms with van der Waals surface area (Å²) in [5, 5.41) is 0.380. The predicted octanol–water partition coefficient (Wildman–Crippen LogP) is 3.83. The molecular formula is C13H18BrClN2O2Si. The Labute approximate surface area is 133 Å². The average Bonchev–Trinajstić information content (AvgIpc) is 2.57. The zero-order chi connectivity index (χ0) is 14.9. The number of halogens is 2. The number of fused-ring (bicyclic) bond motifs is 1. The monoisotopic (exact) mass is 376 g/mol. The molecular weight excluding hydrogens is 360 g/mol. The van der Waals surface area contributed by atoms with Crippen molar-refractivity contribution in [3.63, 3.8) is 0 Å². The number of anilines is 1. The van der Waals surface area contributed by atoms with Crippen LogP contribution in [0.1, 0.15) is 10.4 Å². The largest absolute Gasteiger partial charge is 0.361 e. The van der Waals surface area contributed by atoms with E-state index in [0.717, 1.165) is 17.3 Å². The quantitative estimate of drug-likeness (QED) is 0.339. The van der Waals surface area contributed by atoms with Gasteiger partial charge in [0, 0.05) is 26.4 Å². The van der Waals surface area contributed by atoms with Crippen molar-refractivity contribution in [3.05, 3.63) is 23.0 Å². The molecule has 1 aliphatic rings. The van der Waals surface area contributed by atoms with Crippen LogP contribution in [0.3, 0.4) is 0 Å². The number of carbonyl (C=O) groups excluding carboxylic acids is 1. The first-order valence-corrected chi connectivity index (χ1v) is 11.5. The Balaban J connectivity index is 2.02. The lowest BCUT2D eigenvalue weighted by atomic mass is 10.2. The van der Waals surface area contributed by atoms with Gasteiger partial charge in [-0.3, -0.25) is 9.69 Å². The Morgan fingerprint density at radius 1 is 1.50 bits per heavy atom. The zero-order valence-electron chi connectivity index (χ0n) is 11.8. The standard InChI is InChI=1S/C13H18BrClN2O2Si/c1-20(2,3)5-4-19-8-17-10-6-11(15)16-7-9(10)12(14)13(17)18/h6-7,12H,4-5,8H2,1-3H3. The Morgan fingerprint density at radius 3 is 2.85 bits per heavy atom. The Kier molecular flexibility index (Phi) is 4.89. The van der Waals surface area contributed by atoms with Crippen LogP contribution in [0.15, 0.2) is 12.3 Å². The highest BCUT2D eigenvalue weighted by Gasteiger charge is 2.36. The van der Waals surface area contributed by atoms with Gasteiger partial charge in [0.2, 0.25) is 5.91 Å². The van der Waals surface area contributed by atoms with Crippen molar-refractivity contribution in [2.45, 2.75) is 30.5 Å². The fraction of sp³-hybridized carbons (Fsp3) is 0.538. The van der Waals surface area contributed by atoms with Gasteiger partial charge in [-0.05, 0) is 12.1 Å². The number of hydrogen-bond acceptors (Lipinski definition) is 3. The van der Waals surface area contributed by atoms with Crippen LogP contribution in [-0.2, 0) is 9.53 Å². The van der Waals surface area contributed by atoms with E-state index in [0.29, 0.717) is 11.8 Å². The number of amides is 1. The number of hydrogen-bond donors (Lipinski definition) is 0. The van der Waals surface area contributed by atoms with E-state index in [1.54, 1.807) is 17.2 Å². The van der Waals surface area contributed by atoms with E-state index in [4.69, 9.17) is 16.3 Å². The van der Waals surface area contributed by atoms with Gasteiger partial charge in [0.15, 0.2) is 0 Å². The van der Waals surface area contributed by atoms with E-state index >= 15 is 0 Å². The molecule has 1 unspecified atom stereocenters. The van der Waals surface area contributed by atoms with Crippen molar-refractivity contribution < 1.29 is 9.53 Å². The molecule has 20 heavy (non-hydrogen) atoms. The lowest BCUT2D eigenvalue weighted by molar-refractivity contribution is -0.118. The molecule has 1 atom stereocenters. The topological polar surface area (TPSA) is 42.4 Å². The smallest absolute Gasteiger partial charge is 0.247 e. The molecule has 2 rings (SSSR count). The molecule has 0 N–H and O–H groups in total. The van der Waals surface area contributed by atoms with Crippen LogP contribution in [-0.4, -0.2) is 32.3 Å². The fourth-order valence-corrected chi connectivity index (χ4v) is 3.42. The third-order valence-corrected chi connectivity index (χ3v) is 5.94. The van der Waals surface area contributed by atoms with E-state index in [1.165, 1.54) is 0 Å². The second kappa shape index (κ2) is 6.13. The maximum atomic E-state index is 12.2. The van der Waals surface area contributed by atoms with Crippen LogP contribution in [0, 0.1) is 0 Å². The molecule has 0 aliphatic carbocycles. The van der Waals surface area contributed by atoms with Gasteiger partial charge in [-0.25, -0.2) is 4.98 Å². The average molecular weight is 378 g/mol. The van der Waals surface area contributed by atoms with E-state index < -0.39 is 8.07 Å². The number of pyridine rings is 1. The highest BCUT2D eigenvalue weighted by atomic mass is 79.9. The highest BCUT2D eigenvalue weighted by Crippen LogP contribution is 2.41. The van der Waals surface area contributed by atoms with Gasteiger partial charge in [-0.2, -0.15) is 0 Å². The van der Waals surface area contributed by atoms with Gasteiger partial charge in [0.1, 0.15) is 16.7 Å². The summed E-state index contributed by atoms with van der Waals surface area (Å²) in [6, 6.07) is 2.79. The van der Waals surface area contributed by atoms with Gasteiger partial charge in [-0.15, -0.1) is 0 Å². The lowest BCUT2D eigenvalue weighted by Crippen LogP contribution is -2.31. The maximum absolute atomic E-state index is 12.2. The summed E-state index contributed by atoms with van der Waals surface area (Å²) in [6.45, 7) is 7.84. The molecule has 110 valence electrons. The maximum Gasteiger partial charge on any atom is 0.247 e. The van der Waals surface area contributed by atoms with Crippen molar-refractivity contribution in [3.8, 4) is 0 Å². The number of aromatic nitrogens is 1. The van der Waals surface area contributed by atoms with Crippen molar-refractivity contribution in [2.24, 2.45) is 0 Å². The fourth-order valence-electron chi connectivity index (χ4n) is 1.92. The van der Waals surface area contributed by atoms with Gasteiger partial charge in [0.05, 0.1) is 5.69 Å². The predicted molar refractivity (Wildman–Crippen MR) is 87.4 cm³/mol. The molecule has 1 amide bonds. The van der Waals surface area contributed by atoms with Crippen LogP contribution in [0.25, 0.3) is 0 Å². The number of rotatable bonds is 5. The van der Waals surface area contributed by atoms with E-state index in [2.05, 4.69) is 40.6 Å². The molecule has 1 aliphatic heterocycles. The van der Waals surface area contributed by atoms with Crippen LogP contribution in [0.4, 0.5) is 5.69 Å². The molecule has 0 saturated heterocycles. The summed E-state index contributed by atoms with van der Waals surface area (Å²) in [5.41, 5.74) is 1.62. The molecule has 1 aromatic rings. The second-order valence-electron chi connectivity index (χ2n) is 6.04. The molecule has 0 fully saturated rings. The summed E-state index contributed by atoms with van der Waals surface area (Å²) in [7, 11) is -1.11. The van der Waals surface area contributed by atoms with Crippen LogP contribution >= 0.6 is 27.5 Å². The van der Waals surface area contributed by atoms with E-state index in [9.17, 15) is 4.79 Å².